The predicted molar refractivity (Wildman–Crippen MR) is 78.9 cm³/mol. The fourth-order valence-corrected chi connectivity index (χ4v) is 1.98. The Kier molecular flexibility index (Phi) is 4.23. The molecule has 2 aromatic rings. The molecule has 100 valence electrons. The van der Waals surface area contributed by atoms with Crippen molar-refractivity contribution < 1.29 is 4.74 Å². The number of ether oxygens (including phenoxy) is 1. The van der Waals surface area contributed by atoms with Crippen LogP contribution in [0.25, 0.3) is 0 Å². The quantitative estimate of drug-likeness (QED) is 0.893. The summed E-state index contributed by atoms with van der Waals surface area (Å²) < 4.78 is 5.37. The van der Waals surface area contributed by atoms with E-state index < -0.39 is 0 Å². The lowest BCUT2D eigenvalue weighted by atomic mass is 10.2. The molecule has 1 heterocycles. The molecule has 4 nitrogen and oxygen atoms in total. The van der Waals surface area contributed by atoms with E-state index in [2.05, 4.69) is 15.2 Å². The van der Waals surface area contributed by atoms with E-state index in [1.165, 1.54) is 0 Å². The summed E-state index contributed by atoms with van der Waals surface area (Å²) in [5.41, 5.74) is 2.07. The van der Waals surface area contributed by atoms with Gasteiger partial charge in [0.05, 0.1) is 25.0 Å². The molecule has 0 unspecified atom stereocenters. The number of nitrogens with zero attached hydrogens (tertiary/aromatic N) is 2. The molecule has 0 radical (unpaired) electrons. The third kappa shape index (κ3) is 3.16. The van der Waals surface area contributed by atoms with Crippen LogP contribution in [0.15, 0.2) is 42.5 Å². The SMILES string of the molecule is CNc1cccc(CN(C)c2ccccc2OC)n1. The van der Waals surface area contributed by atoms with Crippen LogP contribution >= 0.6 is 0 Å². The first kappa shape index (κ1) is 13.2. The van der Waals surface area contributed by atoms with Gasteiger partial charge < -0.3 is 15.0 Å². The van der Waals surface area contributed by atoms with E-state index in [1.807, 2.05) is 56.6 Å². The molecule has 2 rings (SSSR count). The van der Waals surface area contributed by atoms with Crippen molar-refractivity contribution in [2.75, 3.05) is 31.4 Å². The molecule has 19 heavy (non-hydrogen) atoms. The molecule has 0 bridgehead atoms. The standard InChI is InChI=1S/C15H19N3O/c1-16-15-10-6-7-12(17-15)11-18(2)13-8-4-5-9-14(13)19-3/h4-10H,11H2,1-3H3,(H,16,17). The van der Waals surface area contributed by atoms with E-state index in [-0.39, 0.29) is 0 Å². The fraction of sp³-hybridized carbons (Fsp3) is 0.267. The zero-order valence-electron chi connectivity index (χ0n) is 11.6. The molecule has 0 amide bonds. The molecule has 0 aliphatic heterocycles. The summed E-state index contributed by atoms with van der Waals surface area (Å²) in [6, 6.07) is 14.0. The summed E-state index contributed by atoms with van der Waals surface area (Å²) in [4.78, 5) is 6.64. The second-order valence-electron chi connectivity index (χ2n) is 4.29. The van der Waals surface area contributed by atoms with Crippen LogP contribution in [0.4, 0.5) is 11.5 Å². The van der Waals surface area contributed by atoms with Crippen LogP contribution in [0.2, 0.25) is 0 Å². The number of hydrogen-bond acceptors (Lipinski definition) is 4. The highest BCUT2D eigenvalue weighted by atomic mass is 16.5. The van der Waals surface area contributed by atoms with Gasteiger partial charge in [0.15, 0.2) is 0 Å². The zero-order chi connectivity index (χ0) is 13.7. The van der Waals surface area contributed by atoms with Crippen LogP contribution in [0, 0.1) is 0 Å². The normalized spacial score (nSPS) is 10.1. The average molecular weight is 257 g/mol. The Hall–Kier alpha value is -2.23. The molecule has 0 spiro atoms. The van der Waals surface area contributed by atoms with Crippen molar-refractivity contribution in [2.24, 2.45) is 0 Å². The van der Waals surface area contributed by atoms with Gasteiger partial charge in [0.1, 0.15) is 11.6 Å². The second-order valence-corrected chi connectivity index (χ2v) is 4.29. The molecular formula is C15H19N3O. The highest BCUT2D eigenvalue weighted by Gasteiger charge is 2.08. The van der Waals surface area contributed by atoms with E-state index in [1.54, 1.807) is 7.11 Å². The van der Waals surface area contributed by atoms with Crippen molar-refractivity contribution in [1.29, 1.82) is 0 Å². The number of pyridine rings is 1. The summed E-state index contributed by atoms with van der Waals surface area (Å²) in [5, 5.41) is 3.05. The number of anilines is 2. The molecular weight excluding hydrogens is 238 g/mol. The third-order valence-electron chi connectivity index (χ3n) is 2.96. The topological polar surface area (TPSA) is 37.4 Å². The number of benzene rings is 1. The van der Waals surface area contributed by atoms with Gasteiger partial charge in [-0.3, -0.25) is 0 Å². The maximum Gasteiger partial charge on any atom is 0.142 e. The smallest absolute Gasteiger partial charge is 0.142 e. The first-order chi connectivity index (χ1) is 9.24. The summed E-state index contributed by atoms with van der Waals surface area (Å²) in [6.07, 6.45) is 0. The van der Waals surface area contributed by atoms with Crippen LogP contribution in [0.1, 0.15) is 5.69 Å². The van der Waals surface area contributed by atoms with Crippen molar-refractivity contribution in [3.63, 3.8) is 0 Å². The Balaban J connectivity index is 2.18. The summed E-state index contributed by atoms with van der Waals surface area (Å²) in [5.74, 6) is 1.75. The fourth-order valence-electron chi connectivity index (χ4n) is 1.98. The first-order valence-corrected chi connectivity index (χ1v) is 6.22. The van der Waals surface area contributed by atoms with Crippen LogP contribution in [0.5, 0.6) is 5.75 Å². The molecule has 0 saturated heterocycles. The molecule has 0 fully saturated rings. The van der Waals surface area contributed by atoms with Gasteiger partial charge in [-0.15, -0.1) is 0 Å². The number of para-hydroxylation sites is 2. The van der Waals surface area contributed by atoms with Crippen molar-refractivity contribution in [2.45, 2.75) is 6.54 Å². The second kappa shape index (κ2) is 6.09. The van der Waals surface area contributed by atoms with Crippen LogP contribution < -0.4 is 15.0 Å². The van der Waals surface area contributed by atoms with Crippen molar-refractivity contribution in [1.82, 2.24) is 4.98 Å². The highest BCUT2D eigenvalue weighted by Crippen LogP contribution is 2.27. The molecule has 0 aliphatic carbocycles. The van der Waals surface area contributed by atoms with E-state index in [4.69, 9.17) is 4.74 Å². The third-order valence-corrected chi connectivity index (χ3v) is 2.96. The Morgan fingerprint density at radius 1 is 1.16 bits per heavy atom. The van der Waals surface area contributed by atoms with Gasteiger partial charge in [-0.2, -0.15) is 0 Å². The monoisotopic (exact) mass is 257 g/mol. The van der Waals surface area contributed by atoms with Crippen molar-refractivity contribution >= 4 is 11.5 Å². The minimum atomic E-state index is 0.732. The Morgan fingerprint density at radius 3 is 2.68 bits per heavy atom. The average Bonchev–Trinajstić information content (AvgIpc) is 2.47. The van der Waals surface area contributed by atoms with Gasteiger partial charge in [-0.1, -0.05) is 18.2 Å². The van der Waals surface area contributed by atoms with E-state index in [0.717, 1.165) is 29.5 Å². The van der Waals surface area contributed by atoms with Gasteiger partial charge in [-0.05, 0) is 24.3 Å². The molecule has 0 saturated carbocycles. The Labute approximate surface area is 114 Å². The van der Waals surface area contributed by atoms with Gasteiger partial charge in [0, 0.05) is 14.1 Å². The van der Waals surface area contributed by atoms with Gasteiger partial charge in [-0.25, -0.2) is 4.98 Å². The Morgan fingerprint density at radius 2 is 1.95 bits per heavy atom. The summed E-state index contributed by atoms with van der Waals surface area (Å²) in [7, 11) is 5.59. The number of aromatic nitrogens is 1. The highest BCUT2D eigenvalue weighted by molar-refractivity contribution is 5.58. The van der Waals surface area contributed by atoms with E-state index >= 15 is 0 Å². The van der Waals surface area contributed by atoms with Crippen molar-refractivity contribution in [3.8, 4) is 5.75 Å². The molecule has 0 atom stereocenters. The minimum Gasteiger partial charge on any atom is -0.495 e. The summed E-state index contributed by atoms with van der Waals surface area (Å²) >= 11 is 0. The minimum absolute atomic E-state index is 0.732. The molecule has 1 aromatic heterocycles. The number of methoxy groups -OCH3 is 1. The summed E-state index contributed by atoms with van der Waals surface area (Å²) in [6.45, 7) is 0.732. The van der Waals surface area contributed by atoms with Gasteiger partial charge in [0.2, 0.25) is 0 Å². The van der Waals surface area contributed by atoms with E-state index in [0.29, 0.717) is 0 Å². The maximum absolute atomic E-state index is 5.37. The molecule has 1 aromatic carbocycles. The molecule has 1 N–H and O–H groups in total. The van der Waals surface area contributed by atoms with E-state index in [9.17, 15) is 0 Å². The first-order valence-electron chi connectivity index (χ1n) is 6.22. The van der Waals surface area contributed by atoms with Gasteiger partial charge in [0.25, 0.3) is 0 Å². The van der Waals surface area contributed by atoms with Crippen LogP contribution in [-0.2, 0) is 6.54 Å². The lowest BCUT2D eigenvalue weighted by Gasteiger charge is -2.21. The lowest BCUT2D eigenvalue weighted by Crippen LogP contribution is -2.18. The van der Waals surface area contributed by atoms with Gasteiger partial charge >= 0.3 is 0 Å². The van der Waals surface area contributed by atoms with Crippen molar-refractivity contribution in [3.05, 3.63) is 48.2 Å². The largest absolute Gasteiger partial charge is 0.495 e. The van der Waals surface area contributed by atoms with Crippen LogP contribution in [-0.4, -0.2) is 26.2 Å². The number of hydrogen-bond donors (Lipinski definition) is 1. The Bertz CT molecular complexity index is 542. The van der Waals surface area contributed by atoms with Crippen LogP contribution in [0.3, 0.4) is 0 Å². The number of rotatable bonds is 5. The number of nitrogens with one attached hydrogen (secondary N) is 1. The molecule has 0 aliphatic rings. The lowest BCUT2D eigenvalue weighted by molar-refractivity contribution is 0.414. The zero-order valence-corrected chi connectivity index (χ0v) is 11.6. The predicted octanol–water partition coefficient (Wildman–Crippen LogP) is 2.77. The maximum atomic E-state index is 5.37. The molecule has 4 heteroatoms.